The maximum atomic E-state index is 13.6. The van der Waals surface area contributed by atoms with Gasteiger partial charge in [-0.2, -0.15) is 0 Å². The normalized spacial score (nSPS) is 35.9. The van der Waals surface area contributed by atoms with E-state index in [1.165, 1.54) is 13.8 Å². The molecule has 0 bridgehead atoms. The summed E-state index contributed by atoms with van der Waals surface area (Å²) in [5, 5.41) is 2.89. The molecule has 0 saturated carbocycles. The highest BCUT2D eigenvalue weighted by Gasteiger charge is 2.62. The first kappa shape index (κ1) is 37.8. The standard InChI is InChI=1S/C37H47N3O13/c1-19(31(42)39-40-32(43)29-27-28(51-36(3,4)50-27)30-35(49-29)53-37(5,6)52-30)46-26-24(38-20(2)41)34(44-17-21-13-9-7-10-14-21)47-23-18-45-33(48-25(23)26)22-15-11-8-12-16-22/h7-16,19,23-30,33-35H,17-18H2,1-6H3,(H,38,41)(H,39,42)(H,40,43)/t19-,23+,24+,25-,26+,27+,28-,29-,30+,33-,34-,35+/m0/s1. The van der Waals surface area contributed by atoms with Gasteiger partial charge in [0.2, 0.25) is 5.91 Å². The van der Waals surface area contributed by atoms with E-state index in [4.69, 9.17) is 47.4 Å². The fraction of sp³-hybridized carbons (Fsp3) is 0.595. The Morgan fingerprint density at radius 1 is 0.811 bits per heavy atom. The van der Waals surface area contributed by atoms with Crippen molar-refractivity contribution in [1.82, 2.24) is 16.2 Å². The Morgan fingerprint density at radius 2 is 1.47 bits per heavy atom. The molecular formula is C37H47N3O13. The number of hydrazine groups is 1. The van der Waals surface area contributed by atoms with E-state index in [1.54, 1.807) is 27.7 Å². The minimum atomic E-state index is -1.20. The smallest absolute Gasteiger partial charge is 0.270 e. The van der Waals surface area contributed by atoms with Gasteiger partial charge in [0, 0.05) is 12.5 Å². The van der Waals surface area contributed by atoms with Gasteiger partial charge in [-0.05, 0) is 40.2 Å². The molecule has 7 rings (SSSR count). The van der Waals surface area contributed by atoms with Gasteiger partial charge in [-0.25, -0.2) is 0 Å². The van der Waals surface area contributed by atoms with Gasteiger partial charge in [0.1, 0.15) is 48.8 Å². The molecule has 288 valence electrons. The van der Waals surface area contributed by atoms with Gasteiger partial charge in [-0.1, -0.05) is 60.7 Å². The minimum Gasteiger partial charge on any atom is -0.360 e. The molecule has 2 aromatic carbocycles. The Morgan fingerprint density at radius 3 is 2.19 bits per heavy atom. The molecule has 5 aliphatic heterocycles. The van der Waals surface area contributed by atoms with Crippen molar-refractivity contribution in [2.75, 3.05) is 6.61 Å². The van der Waals surface area contributed by atoms with E-state index in [1.807, 2.05) is 60.7 Å². The minimum absolute atomic E-state index is 0.124. The largest absolute Gasteiger partial charge is 0.360 e. The van der Waals surface area contributed by atoms with Crippen LogP contribution in [0.5, 0.6) is 0 Å². The Labute approximate surface area is 307 Å². The molecule has 5 heterocycles. The highest BCUT2D eigenvalue weighted by molar-refractivity contribution is 5.86. The lowest BCUT2D eigenvalue weighted by molar-refractivity contribution is -0.351. The zero-order valence-corrected chi connectivity index (χ0v) is 30.4. The summed E-state index contributed by atoms with van der Waals surface area (Å²) in [5.41, 5.74) is 6.54. The summed E-state index contributed by atoms with van der Waals surface area (Å²) in [4.78, 5) is 39.7. The number of hydrogen-bond donors (Lipinski definition) is 3. The molecule has 2 aromatic rings. The van der Waals surface area contributed by atoms with Gasteiger partial charge in [0.15, 0.2) is 36.5 Å². The average Bonchev–Trinajstić information content (AvgIpc) is 3.63. The number of amides is 3. The van der Waals surface area contributed by atoms with E-state index < -0.39 is 97.1 Å². The fourth-order valence-corrected chi connectivity index (χ4v) is 7.21. The first-order chi connectivity index (χ1) is 25.3. The van der Waals surface area contributed by atoms with Crippen LogP contribution in [0.15, 0.2) is 60.7 Å². The number of fused-ring (bicyclic) bond motifs is 4. The molecule has 0 unspecified atom stereocenters. The molecule has 0 aliphatic carbocycles. The Balaban J connectivity index is 1.06. The topological polar surface area (TPSA) is 180 Å². The van der Waals surface area contributed by atoms with E-state index in [0.717, 1.165) is 11.1 Å². The predicted octanol–water partition coefficient (Wildman–Crippen LogP) is 1.86. The number of hydrogen-bond acceptors (Lipinski definition) is 13. The summed E-state index contributed by atoms with van der Waals surface area (Å²) in [6.45, 7) is 10.1. The number of rotatable bonds is 9. The summed E-state index contributed by atoms with van der Waals surface area (Å²) in [7, 11) is 0. The molecule has 16 heteroatoms. The third-order valence-corrected chi connectivity index (χ3v) is 9.49. The fourth-order valence-electron chi connectivity index (χ4n) is 7.21. The SMILES string of the molecule is CC(=O)N[C@H]1[C@@H](OCc2ccccc2)O[C@@H]2CO[C@H](c3ccccc3)O[C@@H]2[C@@H]1O[C@@H](C)C(=O)NNC(=O)[C@H]1O[C@@H]2OC(C)(C)O[C@@H]2[C@H]2OC(C)(C)O[C@H]21. The van der Waals surface area contributed by atoms with Crippen LogP contribution in [0.1, 0.15) is 59.0 Å². The van der Waals surface area contributed by atoms with Crippen molar-refractivity contribution in [3.05, 3.63) is 71.8 Å². The molecule has 5 fully saturated rings. The lowest BCUT2D eigenvalue weighted by Gasteiger charge is -2.49. The first-order valence-electron chi connectivity index (χ1n) is 17.8. The van der Waals surface area contributed by atoms with Crippen molar-refractivity contribution in [3.63, 3.8) is 0 Å². The van der Waals surface area contributed by atoms with Crippen LogP contribution < -0.4 is 16.2 Å². The lowest BCUT2D eigenvalue weighted by atomic mass is 9.95. The summed E-state index contributed by atoms with van der Waals surface area (Å²) in [6.07, 6.45) is -9.60. The van der Waals surface area contributed by atoms with Crippen LogP contribution in [-0.2, 0) is 68.4 Å². The number of benzene rings is 2. The number of carbonyl (C=O) groups is 3. The van der Waals surface area contributed by atoms with E-state index in [9.17, 15) is 14.4 Å². The Bertz CT molecular complexity index is 1610. The van der Waals surface area contributed by atoms with Crippen LogP contribution in [0.4, 0.5) is 0 Å². The maximum Gasteiger partial charge on any atom is 0.270 e. The van der Waals surface area contributed by atoms with Crippen LogP contribution in [0, 0.1) is 0 Å². The molecule has 3 N–H and O–H groups in total. The van der Waals surface area contributed by atoms with Crippen LogP contribution in [-0.4, -0.2) is 103 Å². The Hall–Kier alpha value is -3.55. The summed E-state index contributed by atoms with van der Waals surface area (Å²) in [5.74, 6) is -3.74. The van der Waals surface area contributed by atoms with Gasteiger partial charge in [0.05, 0.1) is 13.2 Å². The third kappa shape index (κ3) is 8.42. The Kier molecular flexibility index (Phi) is 10.9. The molecule has 5 aliphatic rings. The molecule has 12 atom stereocenters. The molecule has 0 spiro atoms. The van der Waals surface area contributed by atoms with Crippen LogP contribution >= 0.6 is 0 Å². The van der Waals surface area contributed by atoms with Crippen molar-refractivity contribution in [3.8, 4) is 0 Å². The van der Waals surface area contributed by atoms with Crippen molar-refractivity contribution in [2.24, 2.45) is 0 Å². The van der Waals surface area contributed by atoms with Crippen molar-refractivity contribution in [2.45, 2.75) is 133 Å². The van der Waals surface area contributed by atoms with Gasteiger partial charge in [-0.15, -0.1) is 0 Å². The number of nitrogens with one attached hydrogen (secondary N) is 3. The maximum absolute atomic E-state index is 13.6. The quantitative estimate of drug-likeness (QED) is 0.318. The van der Waals surface area contributed by atoms with Gasteiger partial charge in [-0.3, -0.25) is 25.2 Å². The summed E-state index contributed by atoms with van der Waals surface area (Å²) >= 11 is 0. The molecule has 16 nitrogen and oxygen atoms in total. The van der Waals surface area contributed by atoms with Gasteiger partial charge < -0.3 is 52.7 Å². The second-order valence-electron chi connectivity index (χ2n) is 14.6. The average molecular weight is 742 g/mol. The van der Waals surface area contributed by atoms with Crippen molar-refractivity contribution < 1.29 is 61.8 Å². The molecule has 53 heavy (non-hydrogen) atoms. The molecular weight excluding hydrogens is 694 g/mol. The third-order valence-electron chi connectivity index (χ3n) is 9.49. The van der Waals surface area contributed by atoms with Crippen LogP contribution in [0.2, 0.25) is 0 Å². The van der Waals surface area contributed by atoms with E-state index in [-0.39, 0.29) is 19.1 Å². The zero-order valence-electron chi connectivity index (χ0n) is 30.4. The summed E-state index contributed by atoms with van der Waals surface area (Å²) in [6, 6.07) is 17.9. The second kappa shape index (κ2) is 15.3. The van der Waals surface area contributed by atoms with Gasteiger partial charge >= 0.3 is 0 Å². The van der Waals surface area contributed by atoms with E-state index in [0.29, 0.717) is 0 Å². The molecule has 5 saturated heterocycles. The monoisotopic (exact) mass is 741 g/mol. The molecule has 0 radical (unpaired) electrons. The van der Waals surface area contributed by atoms with Crippen LogP contribution in [0.25, 0.3) is 0 Å². The van der Waals surface area contributed by atoms with E-state index >= 15 is 0 Å². The van der Waals surface area contributed by atoms with Gasteiger partial charge in [0.25, 0.3) is 11.8 Å². The molecule has 3 amide bonds. The highest BCUT2D eigenvalue weighted by Crippen LogP contribution is 2.44. The predicted molar refractivity (Wildman–Crippen MR) is 181 cm³/mol. The number of ether oxygens (including phenoxy) is 10. The van der Waals surface area contributed by atoms with E-state index in [2.05, 4.69) is 16.2 Å². The highest BCUT2D eigenvalue weighted by atomic mass is 16.9. The van der Waals surface area contributed by atoms with Crippen molar-refractivity contribution >= 4 is 17.7 Å². The molecule has 0 aromatic heterocycles. The van der Waals surface area contributed by atoms with Crippen LogP contribution in [0.3, 0.4) is 0 Å². The lowest BCUT2D eigenvalue weighted by Crippen LogP contribution is -2.68. The summed E-state index contributed by atoms with van der Waals surface area (Å²) < 4.78 is 61.5. The van der Waals surface area contributed by atoms with Crippen molar-refractivity contribution in [1.29, 1.82) is 0 Å². The first-order valence-corrected chi connectivity index (χ1v) is 17.8. The number of carbonyl (C=O) groups excluding carboxylic acids is 3. The second-order valence-corrected chi connectivity index (χ2v) is 14.6. The zero-order chi connectivity index (χ0) is 37.5.